The number of nitrogens with one attached hydrogen (secondary N) is 1. The number of nitrogens with two attached hydrogens (primary N) is 1. The van der Waals surface area contributed by atoms with Crippen LogP contribution in [0.15, 0.2) is 71.1 Å². The number of likely N-dealkylation sites (tertiary alicyclic amines) is 1. The van der Waals surface area contributed by atoms with Crippen LogP contribution in [-0.4, -0.2) is 50.5 Å². The molecule has 0 amide bonds. The molecule has 3 N–H and O–H groups in total. The number of aldehydes is 1. The molecule has 0 aromatic heterocycles. The zero-order valence-corrected chi connectivity index (χ0v) is 21.6. The third-order valence-corrected chi connectivity index (χ3v) is 4.98. The molecule has 32 heavy (non-hydrogen) atoms. The van der Waals surface area contributed by atoms with Crippen LogP contribution in [0.4, 0.5) is 0 Å². The molecule has 7 heteroatoms. The van der Waals surface area contributed by atoms with Crippen LogP contribution in [0.5, 0.6) is 0 Å². The summed E-state index contributed by atoms with van der Waals surface area (Å²) >= 11 is 10.6. The molecule has 0 aliphatic carbocycles. The summed E-state index contributed by atoms with van der Waals surface area (Å²) in [6.07, 6.45) is 13.9. The molecule has 1 aliphatic heterocycles. The molecule has 0 atom stereocenters. The van der Waals surface area contributed by atoms with Crippen molar-refractivity contribution >= 4 is 29.5 Å². The first-order chi connectivity index (χ1) is 15.3. The minimum Gasteiger partial charge on any atom is -0.490 e. The summed E-state index contributed by atoms with van der Waals surface area (Å²) in [5.41, 5.74) is 8.59. The molecule has 0 aromatic carbocycles. The Bertz CT molecular complexity index is 636. The Labute approximate surface area is 205 Å². The highest BCUT2D eigenvalue weighted by molar-refractivity contribution is 6.36. The number of halogens is 2. The van der Waals surface area contributed by atoms with Gasteiger partial charge in [-0.25, -0.2) is 0 Å². The van der Waals surface area contributed by atoms with Crippen molar-refractivity contribution in [3.63, 3.8) is 0 Å². The van der Waals surface area contributed by atoms with E-state index in [0.717, 1.165) is 12.2 Å². The number of ether oxygens (including phenoxy) is 1. The summed E-state index contributed by atoms with van der Waals surface area (Å²) in [5.74, 6) is 0.887. The zero-order chi connectivity index (χ0) is 24.8. The van der Waals surface area contributed by atoms with Crippen molar-refractivity contribution in [3.8, 4) is 0 Å². The zero-order valence-electron chi connectivity index (χ0n) is 20.1. The lowest BCUT2D eigenvalue weighted by molar-refractivity contribution is -0.104. The molecule has 0 spiro atoms. The highest BCUT2D eigenvalue weighted by Gasteiger charge is 2.11. The molecule has 1 saturated heterocycles. The van der Waals surface area contributed by atoms with Gasteiger partial charge in [-0.1, -0.05) is 67.1 Å². The van der Waals surface area contributed by atoms with E-state index in [1.165, 1.54) is 37.0 Å². The SMILES string of the molecule is C=C(C=O)CN/C(Cl)=C/Cl.C=CCOC(/C=C\C(=C/C)CC)=C/C.CN1CCC(N)CC1. The van der Waals surface area contributed by atoms with Crippen molar-refractivity contribution in [2.24, 2.45) is 5.73 Å². The van der Waals surface area contributed by atoms with E-state index in [-0.39, 0.29) is 0 Å². The van der Waals surface area contributed by atoms with Crippen LogP contribution >= 0.6 is 23.2 Å². The van der Waals surface area contributed by atoms with Gasteiger partial charge in [0.2, 0.25) is 0 Å². The highest BCUT2D eigenvalue weighted by Crippen LogP contribution is 2.07. The Kier molecular flexibility index (Phi) is 22.7. The van der Waals surface area contributed by atoms with Gasteiger partial charge in [0.15, 0.2) is 0 Å². The minimum absolute atomic E-state index is 0.296. The number of carbonyl (C=O) groups is 1. The van der Waals surface area contributed by atoms with E-state index in [1.807, 2.05) is 26.0 Å². The number of rotatable bonds is 10. The standard InChI is InChI=1S/C13H20O.C6H7Cl2NO.C6H14N2/c1-5-11-14-13(8-4)10-9-12(6-2)7-3;1-5(4-10)3-9-6(8)2-7;1-8-4-2-6(7)3-5-8/h5-6,8-10H,1,7,11H2,2-4H3;2,4,9H,1,3H2;6H,2-5,7H2,1H3/b10-9-,12-6-,13-8+;6-2+;. The molecular weight excluding hydrogens is 445 g/mol. The van der Waals surface area contributed by atoms with Gasteiger partial charge in [0, 0.05) is 23.7 Å². The van der Waals surface area contributed by atoms with Crippen molar-refractivity contribution in [1.29, 1.82) is 0 Å². The van der Waals surface area contributed by atoms with E-state index >= 15 is 0 Å². The monoisotopic (exact) mass is 485 g/mol. The maximum atomic E-state index is 9.97. The largest absolute Gasteiger partial charge is 0.490 e. The Morgan fingerprint density at radius 3 is 2.28 bits per heavy atom. The first kappa shape index (κ1) is 32.4. The van der Waals surface area contributed by atoms with E-state index < -0.39 is 0 Å². The molecular formula is C25H41Cl2N3O2. The van der Waals surface area contributed by atoms with E-state index in [4.69, 9.17) is 33.7 Å². The van der Waals surface area contributed by atoms with E-state index in [9.17, 15) is 4.79 Å². The first-order valence-corrected chi connectivity index (χ1v) is 11.6. The van der Waals surface area contributed by atoms with Gasteiger partial charge in [-0.3, -0.25) is 4.79 Å². The highest BCUT2D eigenvalue weighted by atomic mass is 35.5. The van der Waals surface area contributed by atoms with Gasteiger partial charge in [-0.15, -0.1) is 0 Å². The van der Waals surface area contributed by atoms with Crippen LogP contribution in [0, 0.1) is 0 Å². The number of hydrogen-bond donors (Lipinski definition) is 2. The fourth-order valence-electron chi connectivity index (χ4n) is 2.30. The van der Waals surface area contributed by atoms with Crippen LogP contribution in [-0.2, 0) is 9.53 Å². The molecule has 0 radical (unpaired) electrons. The Hall–Kier alpha value is -1.79. The fraction of sp³-hybridized carbons (Fsp3) is 0.480. The smallest absolute Gasteiger partial charge is 0.147 e. The summed E-state index contributed by atoms with van der Waals surface area (Å²) in [4.78, 5) is 12.3. The van der Waals surface area contributed by atoms with E-state index in [2.05, 4.69) is 49.5 Å². The van der Waals surface area contributed by atoms with Crippen LogP contribution in [0.2, 0.25) is 0 Å². The Balaban J connectivity index is 0. The number of nitrogens with zero attached hydrogens (tertiary/aromatic N) is 1. The lowest BCUT2D eigenvalue weighted by atomic mass is 10.1. The van der Waals surface area contributed by atoms with Crippen molar-refractivity contribution in [3.05, 3.63) is 71.1 Å². The van der Waals surface area contributed by atoms with E-state index in [1.54, 1.807) is 6.08 Å². The molecule has 0 aromatic rings. The van der Waals surface area contributed by atoms with Gasteiger partial charge in [0.05, 0.1) is 0 Å². The van der Waals surface area contributed by atoms with E-state index in [0.29, 0.717) is 36.2 Å². The molecule has 0 saturated carbocycles. The predicted octanol–water partition coefficient (Wildman–Crippen LogP) is 5.65. The van der Waals surface area contributed by atoms with Gasteiger partial charge in [0.1, 0.15) is 23.8 Å². The molecule has 0 bridgehead atoms. The summed E-state index contributed by atoms with van der Waals surface area (Å²) in [7, 11) is 2.14. The second-order valence-corrected chi connectivity index (χ2v) is 7.69. The lowest BCUT2D eigenvalue weighted by Gasteiger charge is -2.25. The minimum atomic E-state index is 0.296. The number of carbonyl (C=O) groups excluding carboxylic acids is 1. The van der Waals surface area contributed by atoms with Crippen LogP contribution < -0.4 is 11.1 Å². The molecule has 1 aliphatic rings. The van der Waals surface area contributed by atoms with Crippen LogP contribution in [0.25, 0.3) is 0 Å². The second kappa shape index (κ2) is 22.4. The first-order valence-electron chi connectivity index (χ1n) is 10.8. The third kappa shape index (κ3) is 20.1. The average molecular weight is 487 g/mol. The topological polar surface area (TPSA) is 67.6 Å². The van der Waals surface area contributed by atoms with Crippen molar-refractivity contribution in [2.45, 2.75) is 46.1 Å². The number of allylic oxidation sites excluding steroid dienone is 5. The van der Waals surface area contributed by atoms with Gasteiger partial charge in [-0.05, 0) is 65.4 Å². The van der Waals surface area contributed by atoms with Gasteiger partial charge >= 0.3 is 0 Å². The van der Waals surface area contributed by atoms with Crippen molar-refractivity contribution in [1.82, 2.24) is 10.2 Å². The van der Waals surface area contributed by atoms with Gasteiger partial charge < -0.3 is 20.7 Å². The van der Waals surface area contributed by atoms with Crippen molar-refractivity contribution < 1.29 is 9.53 Å². The molecule has 1 rings (SSSR count). The van der Waals surface area contributed by atoms with Crippen molar-refractivity contribution in [2.75, 3.05) is 33.3 Å². The number of piperidine rings is 1. The van der Waals surface area contributed by atoms with Crippen LogP contribution in [0.3, 0.4) is 0 Å². The summed E-state index contributed by atoms with van der Waals surface area (Å²) in [6, 6.07) is 0.478. The molecule has 1 fully saturated rings. The summed E-state index contributed by atoms with van der Waals surface area (Å²) in [5, 5.41) is 2.94. The quantitative estimate of drug-likeness (QED) is 0.104. The number of hydrogen-bond acceptors (Lipinski definition) is 5. The normalized spacial score (nSPS) is 15.8. The fourth-order valence-corrected chi connectivity index (χ4v) is 2.44. The Morgan fingerprint density at radius 2 is 1.88 bits per heavy atom. The summed E-state index contributed by atoms with van der Waals surface area (Å²) in [6.45, 7) is 16.4. The molecule has 5 nitrogen and oxygen atoms in total. The predicted molar refractivity (Wildman–Crippen MR) is 141 cm³/mol. The Morgan fingerprint density at radius 1 is 1.25 bits per heavy atom. The maximum absolute atomic E-state index is 9.97. The summed E-state index contributed by atoms with van der Waals surface area (Å²) < 4.78 is 5.41. The molecule has 1 heterocycles. The average Bonchev–Trinajstić information content (AvgIpc) is 2.82. The third-order valence-electron chi connectivity index (χ3n) is 4.40. The molecule has 0 unspecified atom stereocenters. The van der Waals surface area contributed by atoms with Gasteiger partial charge in [0.25, 0.3) is 0 Å². The second-order valence-electron chi connectivity index (χ2n) is 7.07. The van der Waals surface area contributed by atoms with Crippen LogP contribution in [0.1, 0.15) is 40.0 Å². The lowest BCUT2D eigenvalue weighted by Crippen LogP contribution is -2.37. The van der Waals surface area contributed by atoms with Gasteiger partial charge in [-0.2, -0.15) is 0 Å². The maximum Gasteiger partial charge on any atom is 0.147 e. The molecule has 182 valence electrons.